The molecule has 1 saturated heterocycles. The first-order valence-electron chi connectivity index (χ1n) is 5.92. The number of nitrogens with zero attached hydrogens (tertiary/aromatic N) is 5. The van der Waals surface area contributed by atoms with Gasteiger partial charge in [0.2, 0.25) is 11.0 Å². The van der Waals surface area contributed by atoms with E-state index >= 15 is 0 Å². The Morgan fingerprint density at radius 1 is 1.42 bits per heavy atom. The minimum atomic E-state index is -0.0501. The van der Waals surface area contributed by atoms with Gasteiger partial charge >= 0.3 is 0 Å². The number of carbonyl (C=O) groups is 1. The van der Waals surface area contributed by atoms with Gasteiger partial charge in [-0.05, 0) is 18.6 Å². The van der Waals surface area contributed by atoms with E-state index in [9.17, 15) is 4.79 Å². The van der Waals surface area contributed by atoms with Crippen LogP contribution in [0.4, 0.5) is 10.9 Å². The lowest BCUT2D eigenvalue weighted by molar-refractivity contribution is -0.119. The van der Waals surface area contributed by atoms with E-state index in [2.05, 4.69) is 30.6 Å². The number of hydrogen-bond donors (Lipinski definition) is 1. The first-order chi connectivity index (χ1) is 9.33. The number of nitrogens with one attached hydrogen (secondary N) is 1. The molecule has 0 radical (unpaired) electrons. The van der Waals surface area contributed by atoms with Gasteiger partial charge in [-0.25, -0.2) is 0 Å². The largest absolute Gasteiger partial charge is 0.354 e. The van der Waals surface area contributed by atoms with Crippen molar-refractivity contribution < 1.29 is 4.79 Å². The summed E-state index contributed by atoms with van der Waals surface area (Å²) in [5.74, 6) is 0.753. The molecular formula is C11H12N6OS. The van der Waals surface area contributed by atoms with Gasteiger partial charge in [-0.15, -0.1) is 15.3 Å². The molecule has 0 saturated carbocycles. The molecule has 1 aliphatic rings. The number of anilines is 2. The van der Waals surface area contributed by atoms with E-state index in [1.807, 2.05) is 12.1 Å². The fraction of sp³-hybridized carbons (Fsp3) is 0.364. The van der Waals surface area contributed by atoms with Gasteiger partial charge in [0.05, 0.1) is 5.92 Å². The van der Waals surface area contributed by atoms with Crippen molar-refractivity contribution in [3.05, 3.63) is 23.8 Å². The third-order valence-corrected chi connectivity index (χ3v) is 3.64. The zero-order chi connectivity index (χ0) is 13.1. The SMILES string of the molecule is O=C(Nc1nncs1)C1CCN(c2cccnn2)C1. The van der Waals surface area contributed by atoms with Crippen LogP contribution in [0.25, 0.3) is 0 Å². The molecule has 1 aliphatic heterocycles. The Bertz CT molecular complexity index is 546. The van der Waals surface area contributed by atoms with E-state index in [-0.39, 0.29) is 11.8 Å². The number of amides is 1. The summed E-state index contributed by atoms with van der Waals surface area (Å²) in [4.78, 5) is 14.1. The summed E-state index contributed by atoms with van der Waals surface area (Å²) < 4.78 is 0. The van der Waals surface area contributed by atoms with Gasteiger partial charge < -0.3 is 10.2 Å². The van der Waals surface area contributed by atoms with Crippen LogP contribution in [0.1, 0.15) is 6.42 Å². The van der Waals surface area contributed by atoms with Crippen molar-refractivity contribution in [2.24, 2.45) is 5.92 Å². The molecule has 98 valence electrons. The van der Waals surface area contributed by atoms with Gasteiger partial charge in [0, 0.05) is 19.3 Å². The highest BCUT2D eigenvalue weighted by molar-refractivity contribution is 7.13. The molecule has 3 rings (SSSR count). The molecule has 0 bridgehead atoms. The van der Waals surface area contributed by atoms with Crippen molar-refractivity contribution in [1.29, 1.82) is 0 Å². The van der Waals surface area contributed by atoms with Crippen LogP contribution in [0.3, 0.4) is 0 Å². The Morgan fingerprint density at radius 3 is 3.11 bits per heavy atom. The highest BCUT2D eigenvalue weighted by atomic mass is 32.1. The third-order valence-electron chi connectivity index (χ3n) is 3.03. The lowest BCUT2D eigenvalue weighted by Gasteiger charge is -2.15. The van der Waals surface area contributed by atoms with Gasteiger partial charge in [-0.2, -0.15) is 5.10 Å². The predicted molar refractivity (Wildman–Crippen MR) is 70.9 cm³/mol. The van der Waals surface area contributed by atoms with E-state index in [4.69, 9.17) is 0 Å². The second-order valence-electron chi connectivity index (χ2n) is 4.25. The number of hydrogen-bond acceptors (Lipinski definition) is 7. The van der Waals surface area contributed by atoms with Crippen molar-refractivity contribution in [2.45, 2.75) is 6.42 Å². The van der Waals surface area contributed by atoms with Crippen molar-refractivity contribution in [3.63, 3.8) is 0 Å². The molecule has 0 spiro atoms. The van der Waals surface area contributed by atoms with Crippen molar-refractivity contribution >= 4 is 28.2 Å². The highest BCUT2D eigenvalue weighted by Gasteiger charge is 2.29. The molecule has 1 N–H and O–H groups in total. The number of carbonyl (C=O) groups excluding carboxylic acids is 1. The average Bonchev–Trinajstić information content (AvgIpc) is 3.10. The maximum Gasteiger partial charge on any atom is 0.231 e. The summed E-state index contributed by atoms with van der Waals surface area (Å²) in [5, 5.41) is 18.7. The summed E-state index contributed by atoms with van der Waals surface area (Å²) in [7, 11) is 0. The van der Waals surface area contributed by atoms with Gasteiger partial charge in [0.1, 0.15) is 5.51 Å². The van der Waals surface area contributed by atoms with Crippen LogP contribution in [-0.4, -0.2) is 39.4 Å². The third kappa shape index (κ3) is 2.68. The van der Waals surface area contributed by atoms with Crippen LogP contribution in [0.5, 0.6) is 0 Å². The predicted octanol–water partition coefficient (Wildman–Crippen LogP) is 0.793. The Balaban J connectivity index is 1.61. The Kier molecular flexibility index (Phi) is 3.32. The quantitative estimate of drug-likeness (QED) is 0.892. The molecule has 3 heterocycles. The van der Waals surface area contributed by atoms with Crippen LogP contribution in [-0.2, 0) is 4.79 Å². The summed E-state index contributed by atoms with van der Waals surface area (Å²) in [5.41, 5.74) is 1.59. The van der Waals surface area contributed by atoms with E-state index in [0.29, 0.717) is 11.7 Å². The fourth-order valence-corrected chi connectivity index (χ4v) is 2.53. The van der Waals surface area contributed by atoms with Gasteiger partial charge in [0.25, 0.3) is 0 Å². The summed E-state index contributed by atoms with van der Waals surface area (Å²) in [6, 6.07) is 3.75. The standard InChI is InChI=1S/C11H12N6OS/c18-10(14-11-16-13-7-19-11)8-3-5-17(6-8)9-2-1-4-12-15-9/h1-2,4,7-8H,3,5-6H2,(H,14,16,18). The maximum absolute atomic E-state index is 12.1. The first-order valence-corrected chi connectivity index (χ1v) is 6.80. The normalized spacial score (nSPS) is 18.5. The second-order valence-corrected chi connectivity index (χ2v) is 5.08. The minimum absolute atomic E-state index is 0.0110. The molecule has 0 aliphatic carbocycles. The molecule has 19 heavy (non-hydrogen) atoms. The topological polar surface area (TPSA) is 83.9 Å². The molecule has 2 aromatic heterocycles. The lowest BCUT2D eigenvalue weighted by atomic mass is 10.1. The molecule has 0 aromatic carbocycles. The first kappa shape index (κ1) is 12.0. The number of rotatable bonds is 3. The minimum Gasteiger partial charge on any atom is -0.354 e. The van der Waals surface area contributed by atoms with Crippen LogP contribution >= 0.6 is 11.3 Å². The highest BCUT2D eigenvalue weighted by Crippen LogP contribution is 2.22. The molecule has 1 fully saturated rings. The molecule has 7 nitrogen and oxygen atoms in total. The maximum atomic E-state index is 12.1. The smallest absolute Gasteiger partial charge is 0.231 e. The van der Waals surface area contributed by atoms with Crippen LogP contribution < -0.4 is 10.2 Å². The Morgan fingerprint density at radius 2 is 2.37 bits per heavy atom. The van der Waals surface area contributed by atoms with E-state index in [0.717, 1.165) is 18.8 Å². The van der Waals surface area contributed by atoms with E-state index in [1.54, 1.807) is 11.7 Å². The fourth-order valence-electron chi connectivity index (χ4n) is 2.08. The van der Waals surface area contributed by atoms with Gasteiger partial charge in [0.15, 0.2) is 5.82 Å². The van der Waals surface area contributed by atoms with E-state index in [1.165, 1.54) is 11.3 Å². The number of aromatic nitrogens is 4. The van der Waals surface area contributed by atoms with Crippen LogP contribution in [0.15, 0.2) is 23.8 Å². The van der Waals surface area contributed by atoms with Crippen molar-refractivity contribution in [2.75, 3.05) is 23.3 Å². The molecule has 2 aromatic rings. The van der Waals surface area contributed by atoms with Crippen LogP contribution in [0.2, 0.25) is 0 Å². The molecule has 8 heteroatoms. The van der Waals surface area contributed by atoms with Crippen molar-refractivity contribution in [3.8, 4) is 0 Å². The summed E-state index contributed by atoms with van der Waals surface area (Å²) >= 11 is 1.32. The van der Waals surface area contributed by atoms with Gasteiger partial charge in [-0.1, -0.05) is 11.3 Å². The Labute approximate surface area is 113 Å². The second kappa shape index (κ2) is 5.27. The molecule has 1 unspecified atom stereocenters. The molecule has 1 atom stereocenters. The zero-order valence-corrected chi connectivity index (χ0v) is 10.9. The molecule has 1 amide bonds. The average molecular weight is 276 g/mol. The van der Waals surface area contributed by atoms with E-state index < -0.39 is 0 Å². The monoisotopic (exact) mass is 276 g/mol. The lowest BCUT2D eigenvalue weighted by Crippen LogP contribution is -2.27. The van der Waals surface area contributed by atoms with Gasteiger partial charge in [-0.3, -0.25) is 4.79 Å². The van der Waals surface area contributed by atoms with Crippen molar-refractivity contribution in [1.82, 2.24) is 20.4 Å². The Hall–Kier alpha value is -2.09. The zero-order valence-electron chi connectivity index (χ0n) is 10.1. The van der Waals surface area contributed by atoms with Crippen LogP contribution in [0, 0.1) is 5.92 Å². The summed E-state index contributed by atoms with van der Waals surface area (Å²) in [6.45, 7) is 1.47. The molecular weight excluding hydrogens is 264 g/mol. The summed E-state index contributed by atoms with van der Waals surface area (Å²) in [6.07, 6.45) is 2.44.